The molecule has 2 aromatic carbocycles. The van der Waals surface area contributed by atoms with Crippen LogP contribution in [0.4, 0.5) is 5.69 Å². The molecule has 6 heteroatoms. The number of fused-ring (bicyclic) bond motifs is 2. The zero-order chi connectivity index (χ0) is 19.9. The first-order chi connectivity index (χ1) is 13.3. The van der Waals surface area contributed by atoms with Crippen molar-refractivity contribution in [3.8, 4) is 0 Å². The number of rotatable bonds is 3. The summed E-state index contributed by atoms with van der Waals surface area (Å²) in [4.78, 5) is 18.3. The van der Waals surface area contributed by atoms with Crippen LogP contribution in [0.1, 0.15) is 40.0 Å². The highest BCUT2D eigenvalue weighted by Gasteiger charge is 2.23. The topological polar surface area (TPSA) is 76.1 Å². The number of nitrogens with zero attached hydrogens (tertiary/aromatic N) is 1. The lowest BCUT2D eigenvalue weighted by Crippen LogP contribution is -2.19. The smallest absolute Gasteiger partial charge is 0.256 e. The Morgan fingerprint density at radius 2 is 1.86 bits per heavy atom. The lowest BCUT2D eigenvalue weighted by atomic mass is 9.89. The second-order valence-corrected chi connectivity index (χ2v) is 9.41. The van der Waals surface area contributed by atoms with Crippen molar-refractivity contribution in [2.45, 2.75) is 37.5 Å². The average Bonchev–Trinajstić information content (AvgIpc) is 2.65. The summed E-state index contributed by atoms with van der Waals surface area (Å²) in [6.07, 6.45) is 4.98. The van der Waals surface area contributed by atoms with Gasteiger partial charge in [0.05, 0.1) is 16.0 Å². The van der Waals surface area contributed by atoms with Crippen LogP contribution in [-0.4, -0.2) is 25.6 Å². The van der Waals surface area contributed by atoms with E-state index in [1.807, 2.05) is 25.1 Å². The van der Waals surface area contributed by atoms with Gasteiger partial charge < -0.3 is 5.32 Å². The summed E-state index contributed by atoms with van der Waals surface area (Å²) in [5.41, 5.74) is 5.03. The minimum Gasteiger partial charge on any atom is -0.322 e. The molecule has 0 radical (unpaired) electrons. The average molecular weight is 394 g/mol. The molecule has 1 heterocycles. The van der Waals surface area contributed by atoms with Gasteiger partial charge in [0, 0.05) is 23.0 Å². The number of anilines is 1. The summed E-state index contributed by atoms with van der Waals surface area (Å²) < 4.78 is 23.6. The first kappa shape index (κ1) is 18.6. The summed E-state index contributed by atoms with van der Waals surface area (Å²) in [5.74, 6) is -0.221. The monoisotopic (exact) mass is 394 g/mol. The molecule has 0 fully saturated rings. The molecule has 1 N–H and O–H groups in total. The van der Waals surface area contributed by atoms with Crippen molar-refractivity contribution < 1.29 is 13.2 Å². The molecule has 0 aliphatic heterocycles. The van der Waals surface area contributed by atoms with Crippen molar-refractivity contribution in [3.05, 3.63) is 64.8 Å². The number of carbonyl (C=O) groups excluding carboxylic acids is 1. The van der Waals surface area contributed by atoms with Crippen molar-refractivity contribution in [2.24, 2.45) is 0 Å². The molecule has 0 bridgehead atoms. The Morgan fingerprint density at radius 1 is 1.07 bits per heavy atom. The predicted octanol–water partition coefficient (Wildman–Crippen LogP) is 4.08. The first-order valence-corrected chi connectivity index (χ1v) is 11.3. The molecule has 28 heavy (non-hydrogen) atoms. The van der Waals surface area contributed by atoms with E-state index in [4.69, 9.17) is 4.98 Å². The molecular weight excluding hydrogens is 372 g/mol. The van der Waals surface area contributed by atoms with Crippen LogP contribution < -0.4 is 5.32 Å². The van der Waals surface area contributed by atoms with Gasteiger partial charge in [-0.2, -0.15) is 0 Å². The van der Waals surface area contributed by atoms with Gasteiger partial charge in [0.15, 0.2) is 9.84 Å². The molecule has 0 saturated heterocycles. The van der Waals surface area contributed by atoms with Crippen molar-refractivity contribution in [1.29, 1.82) is 0 Å². The third-order valence-corrected chi connectivity index (χ3v) is 6.27. The largest absolute Gasteiger partial charge is 0.322 e. The number of pyridine rings is 1. The molecule has 1 aliphatic carbocycles. The van der Waals surface area contributed by atoms with Crippen molar-refractivity contribution in [2.75, 3.05) is 11.6 Å². The first-order valence-electron chi connectivity index (χ1n) is 9.36. The zero-order valence-corrected chi connectivity index (χ0v) is 16.8. The lowest BCUT2D eigenvalue weighted by molar-refractivity contribution is 0.102. The van der Waals surface area contributed by atoms with E-state index in [0.717, 1.165) is 59.7 Å². The number of hydrogen-bond acceptors (Lipinski definition) is 4. The van der Waals surface area contributed by atoms with Gasteiger partial charge in [-0.3, -0.25) is 9.78 Å². The molecule has 0 unspecified atom stereocenters. The molecule has 1 aromatic heterocycles. The number of aryl methyl sites for hydroxylation is 2. The Labute approximate surface area is 164 Å². The second-order valence-electron chi connectivity index (χ2n) is 7.39. The van der Waals surface area contributed by atoms with Gasteiger partial charge in [0.2, 0.25) is 0 Å². The molecule has 3 aromatic rings. The molecule has 0 atom stereocenters. The van der Waals surface area contributed by atoms with Gasteiger partial charge in [0.25, 0.3) is 5.91 Å². The van der Waals surface area contributed by atoms with E-state index in [9.17, 15) is 13.2 Å². The van der Waals surface area contributed by atoms with Crippen LogP contribution in [-0.2, 0) is 22.7 Å². The van der Waals surface area contributed by atoms with E-state index in [2.05, 4.69) is 5.32 Å². The van der Waals surface area contributed by atoms with E-state index in [1.165, 1.54) is 12.1 Å². The minimum absolute atomic E-state index is 0.183. The fourth-order valence-electron chi connectivity index (χ4n) is 3.80. The Bertz CT molecular complexity index is 1200. The van der Waals surface area contributed by atoms with Gasteiger partial charge >= 0.3 is 0 Å². The maximum absolute atomic E-state index is 13.3. The molecular formula is C22H22N2O3S. The molecule has 0 spiro atoms. The van der Waals surface area contributed by atoms with E-state index < -0.39 is 9.84 Å². The Hall–Kier alpha value is -2.73. The SMILES string of the molecule is Cc1ccc2nc3c(c(C(=O)Nc4cccc(S(C)(=O)=O)c4)c2c1)CCCC3. The molecule has 0 saturated carbocycles. The van der Waals surface area contributed by atoms with Crippen LogP contribution in [0.15, 0.2) is 47.4 Å². The van der Waals surface area contributed by atoms with Gasteiger partial charge in [-0.1, -0.05) is 17.7 Å². The highest BCUT2D eigenvalue weighted by atomic mass is 32.2. The summed E-state index contributed by atoms with van der Waals surface area (Å²) in [7, 11) is -3.34. The molecule has 1 aliphatic rings. The van der Waals surface area contributed by atoms with E-state index in [0.29, 0.717) is 11.3 Å². The third kappa shape index (κ3) is 3.52. The summed E-state index contributed by atoms with van der Waals surface area (Å²) in [6, 6.07) is 12.3. The van der Waals surface area contributed by atoms with Gasteiger partial charge in [-0.25, -0.2) is 8.42 Å². The molecule has 144 valence electrons. The molecule has 4 rings (SSSR count). The van der Waals surface area contributed by atoms with Crippen LogP contribution in [0.25, 0.3) is 10.9 Å². The van der Waals surface area contributed by atoms with Gasteiger partial charge in [0.1, 0.15) is 0 Å². The number of carbonyl (C=O) groups is 1. The van der Waals surface area contributed by atoms with Crippen LogP contribution in [0.3, 0.4) is 0 Å². The third-order valence-electron chi connectivity index (χ3n) is 5.16. The number of amides is 1. The van der Waals surface area contributed by atoms with Crippen LogP contribution in [0.2, 0.25) is 0 Å². The highest BCUT2D eigenvalue weighted by molar-refractivity contribution is 7.90. The van der Waals surface area contributed by atoms with Gasteiger partial charge in [-0.05, 0) is 68.5 Å². The van der Waals surface area contributed by atoms with Crippen LogP contribution in [0.5, 0.6) is 0 Å². The van der Waals surface area contributed by atoms with Crippen molar-refractivity contribution in [1.82, 2.24) is 4.98 Å². The Balaban J connectivity index is 1.82. The number of sulfone groups is 1. The standard InChI is InChI=1S/C22H22N2O3S/c1-14-10-11-20-18(12-14)21(17-8-3-4-9-19(17)24-20)22(25)23-15-6-5-7-16(13-15)28(2,26)27/h5-7,10-13H,3-4,8-9H2,1-2H3,(H,23,25). The molecule has 1 amide bonds. The number of nitrogens with one attached hydrogen (secondary N) is 1. The van der Waals surface area contributed by atoms with E-state index in [-0.39, 0.29) is 10.8 Å². The quantitative estimate of drug-likeness (QED) is 0.726. The molecule has 5 nitrogen and oxygen atoms in total. The predicted molar refractivity (Wildman–Crippen MR) is 111 cm³/mol. The summed E-state index contributed by atoms with van der Waals surface area (Å²) in [6.45, 7) is 2.00. The fraction of sp³-hybridized carbons (Fsp3) is 0.273. The maximum Gasteiger partial charge on any atom is 0.256 e. The van der Waals surface area contributed by atoms with E-state index >= 15 is 0 Å². The maximum atomic E-state index is 13.3. The Morgan fingerprint density at radius 3 is 2.64 bits per heavy atom. The van der Waals surface area contributed by atoms with E-state index in [1.54, 1.807) is 12.1 Å². The lowest BCUT2D eigenvalue weighted by Gasteiger charge is -2.20. The Kier molecular flexibility index (Phi) is 4.67. The van der Waals surface area contributed by atoms with Crippen LogP contribution >= 0.6 is 0 Å². The zero-order valence-electron chi connectivity index (χ0n) is 16.0. The summed E-state index contributed by atoms with van der Waals surface area (Å²) >= 11 is 0. The van der Waals surface area contributed by atoms with Crippen molar-refractivity contribution in [3.63, 3.8) is 0 Å². The van der Waals surface area contributed by atoms with Crippen LogP contribution in [0, 0.1) is 6.92 Å². The normalized spacial score (nSPS) is 13.9. The highest BCUT2D eigenvalue weighted by Crippen LogP contribution is 2.30. The second kappa shape index (κ2) is 7.02. The van der Waals surface area contributed by atoms with Crippen molar-refractivity contribution >= 4 is 32.3 Å². The summed E-state index contributed by atoms with van der Waals surface area (Å²) in [5, 5.41) is 3.75. The minimum atomic E-state index is -3.34. The number of benzene rings is 2. The number of aromatic nitrogens is 1. The van der Waals surface area contributed by atoms with Gasteiger partial charge in [-0.15, -0.1) is 0 Å². The fourth-order valence-corrected chi connectivity index (χ4v) is 4.46. The number of hydrogen-bond donors (Lipinski definition) is 1.